The van der Waals surface area contributed by atoms with Crippen molar-refractivity contribution in [2.75, 3.05) is 18.2 Å². The fraction of sp³-hybridized carbons (Fsp3) is 0.0526. The van der Waals surface area contributed by atoms with Gasteiger partial charge in [0.2, 0.25) is 0 Å². The Kier molecular flexibility index (Phi) is 4.32. The van der Waals surface area contributed by atoms with E-state index in [4.69, 9.17) is 10.5 Å². The Hall–Kier alpha value is -2.90. The molecule has 130 valence electrons. The average molecular weight is 381 g/mol. The second-order valence-electron chi connectivity index (χ2n) is 5.63. The minimum Gasteiger partial charge on any atom is -0.497 e. The highest BCUT2D eigenvalue weighted by Gasteiger charge is 2.13. The van der Waals surface area contributed by atoms with Crippen LogP contribution in [0.25, 0.3) is 21.3 Å². The summed E-state index contributed by atoms with van der Waals surface area (Å²) in [4.78, 5) is 17.6. The first-order valence-corrected chi connectivity index (χ1v) is 9.52. The van der Waals surface area contributed by atoms with Crippen LogP contribution in [-0.4, -0.2) is 18.0 Å². The van der Waals surface area contributed by atoms with Crippen LogP contribution in [0.2, 0.25) is 0 Å². The van der Waals surface area contributed by atoms with Crippen LogP contribution in [0.4, 0.5) is 10.8 Å². The van der Waals surface area contributed by atoms with Gasteiger partial charge in [-0.2, -0.15) is 0 Å². The molecule has 0 unspecified atom stereocenters. The van der Waals surface area contributed by atoms with Crippen LogP contribution in [0, 0.1) is 0 Å². The van der Waals surface area contributed by atoms with Crippen molar-refractivity contribution in [2.45, 2.75) is 0 Å². The van der Waals surface area contributed by atoms with Crippen molar-refractivity contribution >= 4 is 49.5 Å². The number of hydrogen-bond donors (Lipinski definition) is 2. The molecule has 0 aliphatic heterocycles. The lowest BCUT2D eigenvalue weighted by Crippen LogP contribution is -2.09. The number of carbonyl (C=O) groups is 1. The number of hydrogen-bond acceptors (Lipinski definition) is 6. The van der Waals surface area contributed by atoms with Gasteiger partial charge in [-0.3, -0.25) is 10.1 Å². The molecule has 4 aromatic rings. The van der Waals surface area contributed by atoms with Crippen molar-refractivity contribution in [3.05, 3.63) is 58.8 Å². The number of anilines is 2. The molecule has 2 aromatic heterocycles. The Morgan fingerprint density at radius 3 is 2.73 bits per heavy atom. The first-order valence-electron chi connectivity index (χ1n) is 7.83. The first kappa shape index (κ1) is 16.6. The number of rotatable bonds is 4. The number of aromatic nitrogens is 1. The number of ether oxygens (including phenoxy) is 1. The highest BCUT2D eigenvalue weighted by molar-refractivity contribution is 7.21. The number of nitrogens with one attached hydrogen (secondary N) is 1. The SMILES string of the molecule is COc1ccc(-c2csc(NC(=O)c3cc4cc(N)ccc4s3)n2)cc1. The summed E-state index contributed by atoms with van der Waals surface area (Å²) in [5.74, 6) is 0.628. The Balaban J connectivity index is 1.53. The van der Waals surface area contributed by atoms with Gasteiger partial charge in [-0.1, -0.05) is 0 Å². The summed E-state index contributed by atoms with van der Waals surface area (Å²) in [5.41, 5.74) is 8.27. The molecule has 7 heteroatoms. The molecule has 0 fully saturated rings. The van der Waals surface area contributed by atoms with E-state index in [1.54, 1.807) is 7.11 Å². The number of nitrogen functional groups attached to an aromatic ring is 1. The second-order valence-corrected chi connectivity index (χ2v) is 7.57. The van der Waals surface area contributed by atoms with Gasteiger partial charge in [0.15, 0.2) is 5.13 Å². The predicted octanol–water partition coefficient (Wildman–Crippen LogP) is 4.87. The number of methoxy groups -OCH3 is 1. The van der Waals surface area contributed by atoms with Crippen molar-refractivity contribution in [3.8, 4) is 17.0 Å². The molecule has 0 radical (unpaired) electrons. The molecule has 0 spiro atoms. The Bertz CT molecular complexity index is 1080. The second kappa shape index (κ2) is 6.78. The third kappa shape index (κ3) is 3.26. The van der Waals surface area contributed by atoms with Crippen LogP contribution >= 0.6 is 22.7 Å². The molecule has 2 heterocycles. The van der Waals surface area contributed by atoms with Crippen LogP contribution in [0.5, 0.6) is 5.75 Å². The maximum atomic E-state index is 12.5. The van der Waals surface area contributed by atoms with E-state index in [1.807, 2.05) is 53.9 Å². The van der Waals surface area contributed by atoms with E-state index in [9.17, 15) is 4.79 Å². The monoisotopic (exact) mass is 381 g/mol. The summed E-state index contributed by atoms with van der Waals surface area (Å²) in [5, 5.41) is 6.33. The largest absolute Gasteiger partial charge is 0.497 e. The number of amides is 1. The molecule has 0 saturated heterocycles. The zero-order chi connectivity index (χ0) is 18.1. The van der Waals surface area contributed by atoms with Crippen molar-refractivity contribution in [1.82, 2.24) is 4.98 Å². The summed E-state index contributed by atoms with van der Waals surface area (Å²) in [7, 11) is 1.63. The molecule has 5 nitrogen and oxygen atoms in total. The minimum atomic E-state index is -0.166. The minimum absolute atomic E-state index is 0.166. The standard InChI is InChI=1S/C19H15N3O2S2/c1-24-14-5-2-11(3-6-14)15-10-25-19(21-15)22-18(23)17-9-12-8-13(20)4-7-16(12)26-17/h2-10H,20H2,1H3,(H,21,22,23). The molecule has 0 atom stereocenters. The van der Waals surface area contributed by atoms with Crippen LogP contribution in [0.3, 0.4) is 0 Å². The maximum Gasteiger partial charge on any atom is 0.267 e. The number of carbonyl (C=O) groups excluding carboxylic acids is 1. The van der Waals surface area contributed by atoms with E-state index in [1.165, 1.54) is 22.7 Å². The summed E-state index contributed by atoms with van der Waals surface area (Å²) in [6.07, 6.45) is 0. The molecule has 0 aliphatic carbocycles. The highest BCUT2D eigenvalue weighted by Crippen LogP contribution is 2.30. The van der Waals surface area contributed by atoms with Gasteiger partial charge in [-0.05, 0) is 53.9 Å². The first-order chi connectivity index (χ1) is 12.6. The summed E-state index contributed by atoms with van der Waals surface area (Å²) >= 11 is 2.83. The molecular formula is C19H15N3O2S2. The van der Waals surface area contributed by atoms with E-state index in [0.717, 1.165) is 27.1 Å². The fourth-order valence-corrected chi connectivity index (χ4v) is 4.21. The van der Waals surface area contributed by atoms with Gasteiger partial charge in [-0.25, -0.2) is 4.98 Å². The molecular weight excluding hydrogens is 366 g/mol. The summed E-state index contributed by atoms with van der Waals surface area (Å²) in [6.45, 7) is 0. The van der Waals surface area contributed by atoms with Gasteiger partial charge in [0, 0.05) is 21.3 Å². The fourth-order valence-electron chi connectivity index (χ4n) is 2.56. The molecule has 2 aromatic carbocycles. The third-order valence-corrected chi connectivity index (χ3v) is 5.75. The predicted molar refractivity (Wildman–Crippen MR) is 108 cm³/mol. The number of fused-ring (bicyclic) bond motifs is 1. The lowest BCUT2D eigenvalue weighted by Gasteiger charge is -2.01. The number of nitrogens with zero attached hydrogens (tertiary/aromatic N) is 1. The van der Waals surface area contributed by atoms with Crippen molar-refractivity contribution in [1.29, 1.82) is 0 Å². The van der Waals surface area contributed by atoms with Crippen LogP contribution in [-0.2, 0) is 0 Å². The van der Waals surface area contributed by atoms with Gasteiger partial charge < -0.3 is 10.5 Å². The van der Waals surface area contributed by atoms with E-state index < -0.39 is 0 Å². The molecule has 1 amide bonds. The topological polar surface area (TPSA) is 77.2 Å². The van der Waals surface area contributed by atoms with Crippen molar-refractivity contribution in [3.63, 3.8) is 0 Å². The van der Waals surface area contributed by atoms with Crippen LogP contribution < -0.4 is 15.8 Å². The molecule has 3 N–H and O–H groups in total. The van der Waals surface area contributed by atoms with Gasteiger partial charge in [-0.15, -0.1) is 22.7 Å². The summed E-state index contributed by atoms with van der Waals surface area (Å²) in [6, 6.07) is 15.1. The van der Waals surface area contributed by atoms with Gasteiger partial charge in [0.05, 0.1) is 17.7 Å². The Morgan fingerprint density at radius 1 is 1.15 bits per heavy atom. The average Bonchev–Trinajstić information content (AvgIpc) is 3.28. The highest BCUT2D eigenvalue weighted by atomic mass is 32.1. The van der Waals surface area contributed by atoms with Crippen molar-refractivity contribution < 1.29 is 9.53 Å². The zero-order valence-electron chi connectivity index (χ0n) is 13.9. The van der Waals surface area contributed by atoms with Crippen molar-refractivity contribution in [2.24, 2.45) is 0 Å². The Labute approximate surface area is 158 Å². The quantitative estimate of drug-likeness (QED) is 0.495. The van der Waals surface area contributed by atoms with Crippen LogP contribution in [0.15, 0.2) is 53.9 Å². The lowest BCUT2D eigenvalue weighted by atomic mass is 10.2. The number of thiazole rings is 1. The molecule has 26 heavy (non-hydrogen) atoms. The normalized spacial score (nSPS) is 10.8. The molecule has 0 aliphatic rings. The van der Waals surface area contributed by atoms with E-state index >= 15 is 0 Å². The lowest BCUT2D eigenvalue weighted by molar-refractivity contribution is 0.103. The number of benzene rings is 2. The molecule has 0 saturated carbocycles. The van der Waals surface area contributed by atoms with Gasteiger partial charge in [0.1, 0.15) is 5.75 Å². The number of thiophene rings is 1. The van der Waals surface area contributed by atoms with Crippen LogP contribution in [0.1, 0.15) is 9.67 Å². The molecule has 4 rings (SSSR count). The smallest absolute Gasteiger partial charge is 0.267 e. The molecule has 0 bridgehead atoms. The van der Waals surface area contributed by atoms with E-state index in [0.29, 0.717) is 15.7 Å². The number of nitrogens with two attached hydrogens (primary N) is 1. The third-order valence-electron chi connectivity index (χ3n) is 3.87. The van der Waals surface area contributed by atoms with E-state index in [2.05, 4.69) is 10.3 Å². The summed E-state index contributed by atoms with van der Waals surface area (Å²) < 4.78 is 6.19. The van der Waals surface area contributed by atoms with Gasteiger partial charge >= 0.3 is 0 Å². The maximum absolute atomic E-state index is 12.5. The van der Waals surface area contributed by atoms with Gasteiger partial charge in [0.25, 0.3) is 5.91 Å². The zero-order valence-corrected chi connectivity index (χ0v) is 15.5. The van der Waals surface area contributed by atoms with E-state index in [-0.39, 0.29) is 5.91 Å². The Morgan fingerprint density at radius 2 is 1.96 bits per heavy atom.